The predicted octanol–water partition coefficient (Wildman–Crippen LogP) is 0.827. The minimum Gasteiger partial charge on any atom is -0.312 e. The van der Waals surface area contributed by atoms with Crippen molar-refractivity contribution in [2.24, 2.45) is 0 Å². The molecule has 0 spiro atoms. The van der Waals surface area contributed by atoms with E-state index in [2.05, 4.69) is 26.2 Å². The molecular weight excluding hydrogens is 306 g/mol. The average Bonchev–Trinajstić information content (AvgIpc) is 2.29. The number of hydrogen-bond donors (Lipinski definition) is 1. The highest BCUT2D eigenvalue weighted by atomic mass is 79.9. The lowest BCUT2D eigenvalue weighted by Gasteiger charge is -2.30. The number of rotatable bonds is 2. The van der Waals surface area contributed by atoms with Crippen LogP contribution in [0.1, 0.15) is 6.92 Å². The van der Waals surface area contributed by atoms with Gasteiger partial charge in [0.05, 0.1) is 0 Å². The lowest BCUT2D eigenvalue weighted by molar-refractivity contribution is 0.310. The summed E-state index contributed by atoms with van der Waals surface area (Å²) in [5.74, 6) is 0. The molecule has 17 heavy (non-hydrogen) atoms. The molecule has 0 aliphatic carbocycles. The van der Waals surface area contributed by atoms with Crippen molar-refractivity contribution < 1.29 is 8.42 Å². The Morgan fingerprint density at radius 1 is 1.53 bits per heavy atom. The summed E-state index contributed by atoms with van der Waals surface area (Å²) in [4.78, 5) is 4.13. The van der Waals surface area contributed by atoms with Crippen molar-refractivity contribution in [1.29, 1.82) is 0 Å². The molecule has 0 unspecified atom stereocenters. The number of pyridine rings is 1. The van der Waals surface area contributed by atoms with Crippen molar-refractivity contribution in [3.05, 3.63) is 22.9 Å². The first kappa shape index (κ1) is 12.9. The van der Waals surface area contributed by atoms with Gasteiger partial charge in [0.15, 0.2) is 0 Å². The van der Waals surface area contributed by atoms with Gasteiger partial charge in [-0.2, -0.15) is 4.31 Å². The number of halogens is 1. The van der Waals surface area contributed by atoms with Crippen LogP contribution < -0.4 is 5.32 Å². The summed E-state index contributed by atoms with van der Waals surface area (Å²) in [6.45, 7) is 3.65. The quantitative estimate of drug-likeness (QED) is 0.877. The molecule has 0 bridgehead atoms. The molecule has 1 aliphatic heterocycles. The smallest absolute Gasteiger partial charge is 0.244 e. The summed E-state index contributed by atoms with van der Waals surface area (Å²) < 4.78 is 26.8. The van der Waals surface area contributed by atoms with Crippen LogP contribution in [-0.4, -0.2) is 43.4 Å². The molecule has 5 nitrogen and oxygen atoms in total. The first-order chi connectivity index (χ1) is 8.00. The third kappa shape index (κ3) is 2.85. The van der Waals surface area contributed by atoms with Crippen LogP contribution in [-0.2, 0) is 10.0 Å². The fourth-order valence-corrected chi connectivity index (χ4v) is 3.83. The van der Waals surface area contributed by atoms with E-state index in [1.807, 2.05) is 6.92 Å². The molecule has 1 aromatic rings. The molecule has 94 valence electrons. The van der Waals surface area contributed by atoms with E-state index < -0.39 is 10.0 Å². The van der Waals surface area contributed by atoms with Crippen molar-refractivity contribution in [3.8, 4) is 0 Å². The fraction of sp³-hybridized carbons (Fsp3) is 0.500. The van der Waals surface area contributed by atoms with Crippen LogP contribution in [0.4, 0.5) is 0 Å². The van der Waals surface area contributed by atoms with Crippen molar-refractivity contribution >= 4 is 26.0 Å². The molecular formula is C10H14BrN3O2S. The lowest BCUT2D eigenvalue weighted by atomic mass is 10.3. The summed E-state index contributed by atoms with van der Waals surface area (Å²) in [6.07, 6.45) is 2.95. The number of nitrogens with one attached hydrogen (secondary N) is 1. The van der Waals surface area contributed by atoms with Crippen LogP contribution in [0.2, 0.25) is 0 Å². The predicted molar refractivity (Wildman–Crippen MR) is 68.2 cm³/mol. The standard InChI is InChI=1S/C10H14BrN3O2S/c1-8-7-14(3-2-13-8)17(15,16)10-4-9(11)5-12-6-10/h4-6,8,13H,2-3,7H2,1H3/t8-/m1/s1. The number of aromatic nitrogens is 1. The van der Waals surface area contributed by atoms with Crippen molar-refractivity contribution in [3.63, 3.8) is 0 Å². The van der Waals surface area contributed by atoms with Crippen LogP contribution in [0.25, 0.3) is 0 Å². The molecule has 7 heteroatoms. The Morgan fingerprint density at radius 2 is 2.29 bits per heavy atom. The Hall–Kier alpha value is -0.500. The van der Waals surface area contributed by atoms with E-state index in [9.17, 15) is 8.42 Å². The molecule has 1 aliphatic rings. The number of sulfonamides is 1. The van der Waals surface area contributed by atoms with Gasteiger partial charge < -0.3 is 5.32 Å². The maximum absolute atomic E-state index is 12.3. The highest BCUT2D eigenvalue weighted by Gasteiger charge is 2.28. The maximum Gasteiger partial charge on any atom is 0.244 e. The zero-order chi connectivity index (χ0) is 12.5. The van der Waals surface area contributed by atoms with Crippen LogP contribution in [0.15, 0.2) is 27.8 Å². The van der Waals surface area contributed by atoms with Gasteiger partial charge in [-0.15, -0.1) is 0 Å². The van der Waals surface area contributed by atoms with Gasteiger partial charge >= 0.3 is 0 Å². The molecule has 2 rings (SSSR count). The molecule has 2 heterocycles. The maximum atomic E-state index is 12.3. The van der Waals surface area contributed by atoms with E-state index in [4.69, 9.17) is 0 Å². The Labute approximate surface area is 109 Å². The van der Waals surface area contributed by atoms with Gasteiger partial charge in [0, 0.05) is 42.5 Å². The van der Waals surface area contributed by atoms with Gasteiger partial charge in [-0.3, -0.25) is 4.98 Å². The van der Waals surface area contributed by atoms with Gasteiger partial charge in [0.2, 0.25) is 10.0 Å². The highest BCUT2D eigenvalue weighted by molar-refractivity contribution is 9.10. The topological polar surface area (TPSA) is 62.3 Å². The molecule has 1 aromatic heterocycles. The Balaban J connectivity index is 2.29. The summed E-state index contributed by atoms with van der Waals surface area (Å²) in [5.41, 5.74) is 0. The van der Waals surface area contributed by atoms with Gasteiger partial charge in [-0.05, 0) is 28.9 Å². The monoisotopic (exact) mass is 319 g/mol. The molecule has 1 fully saturated rings. The zero-order valence-electron chi connectivity index (χ0n) is 9.43. The van der Waals surface area contributed by atoms with Crippen molar-refractivity contribution in [1.82, 2.24) is 14.6 Å². The summed E-state index contributed by atoms with van der Waals surface area (Å²) in [6, 6.07) is 1.76. The molecule has 1 saturated heterocycles. The van der Waals surface area contributed by atoms with E-state index >= 15 is 0 Å². The van der Waals surface area contributed by atoms with Gasteiger partial charge in [-0.25, -0.2) is 8.42 Å². The number of piperazine rings is 1. The first-order valence-electron chi connectivity index (χ1n) is 5.34. The van der Waals surface area contributed by atoms with Crippen LogP contribution >= 0.6 is 15.9 Å². The van der Waals surface area contributed by atoms with Gasteiger partial charge in [0.25, 0.3) is 0 Å². The van der Waals surface area contributed by atoms with Gasteiger partial charge in [0.1, 0.15) is 4.90 Å². The number of nitrogens with zero attached hydrogens (tertiary/aromatic N) is 2. The molecule has 1 atom stereocenters. The molecule has 0 amide bonds. The fourth-order valence-electron chi connectivity index (χ4n) is 1.80. The summed E-state index contributed by atoms with van der Waals surface area (Å²) in [7, 11) is -3.42. The second-order valence-electron chi connectivity index (χ2n) is 4.06. The van der Waals surface area contributed by atoms with E-state index in [-0.39, 0.29) is 10.9 Å². The van der Waals surface area contributed by atoms with Crippen molar-refractivity contribution in [2.45, 2.75) is 17.9 Å². The minimum atomic E-state index is -3.42. The zero-order valence-corrected chi connectivity index (χ0v) is 11.8. The lowest BCUT2D eigenvalue weighted by Crippen LogP contribution is -2.51. The third-order valence-electron chi connectivity index (χ3n) is 2.65. The van der Waals surface area contributed by atoms with Crippen LogP contribution in [0.5, 0.6) is 0 Å². The van der Waals surface area contributed by atoms with E-state index in [0.717, 1.165) is 0 Å². The number of hydrogen-bond acceptors (Lipinski definition) is 4. The van der Waals surface area contributed by atoms with E-state index in [1.165, 1.54) is 10.5 Å². The first-order valence-corrected chi connectivity index (χ1v) is 7.57. The second-order valence-corrected chi connectivity index (χ2v) is 6.91. The summed E-state index contributed by atoms with van der Waals surface area (Å²) >= 11 is 3.23. The third-order valence-corrected chi connectivity index (χ3v) is 4.91. The molecule has 0 saturated carbocycles. The average molecular weight is 320 g/mol. The SMILES string of the molecule is C[C@@H]1CN(S(=O)(=O)c2cncc(Br)c2)CCN1. The largest absolute Gasteiger partial charge is 0.312 e. The summed E-state index contributed by atoms with van der Waals surface area (Å²) in [5, 5.41) is 3.22. The Morgan fingerprint density at radius 3 is 2.94 bits per heavy atom. The Kier molecular flexibility index (Phi) is 3.82. The van der Waals surface area contributed by atoms with Crippen molar-refractivity contribution in [2.75, 3.05) is 19.6 Å². The Bertz CT molecular complexity index is 506. The normalized spacial score (nSPS) is 22.6. The second kappa shape index (κ2) is 5.01. The van der Waals surface area contributed by atoms with Crippen LogP contribution in [0, 0.1) is 0 Å². The molecule has 1 N–H and O–H groups in total. The van der Waals surface area contributed by atoms with Crippen LogP contribution in [0.3, 0.4) is 0 Å². The van der Waals surface area contributed by atoms with E-state index in [1.54, 1.807) is 12.3 Å². The molecule has 0 radical (unpaired) electrons. The molecule has 0 aromatic carbocycles. The van der Waals surface area contributed by atoms with E-state index in [0.29, 0.717) is 24.1 Å². The minimum absolute atomic E-state index is 0.179. The highest BCUT2D eigenvalue weighted by Crippen LogP contribution is 2.19. The van der Waals surface area contributed by atoms with Gasteiger partial charge in [-0.1, -0.05) is 0 Å².